The molecule has 1 aromatic carbocycles. The van der Waals surface area contributed by atoms with Crippen molar-refractivity contribution in [3.8, 4) is 5.75 Å². The maximum absolute atomic E-state index is 12.6. The number of methoxy groups -OCH3 is 1. The lowest BCUT2D eigenvalue weighted by atomic mass is 10.2. The second kappa shape index (κ2) is 6.81. The third-order valence-electron chi connectivity index (χ3n) is 4.16. The van der Waals surface area contributed by atoms with Crippen LogP contribution in [0, 0.1) is 0 Å². The van der Waals surface area contributed by atoms with Gasteiger partial charge in [0.2, 0.25) is 10.0 Å². The maximum atomic E-state index is 12.6. The first-order valence-electron chi connectivity index (χ1n) is 7.69. The summed E-state index contributed by atoms with van der Waals surface area (Å²) in [5.74, 6) is -0.150. The zero-order valence-electron chi connectivity index (χ0n) is 13.6. The minimum Gasteiger partial charge on any atom is -0.495 e. The Morgan fingerprint density at radius 1 is 1.16 bits per heavy atom. The largest absolute Gasteiger partial charge is 0.495 e. The molecule has 0 radical (unpaired) electrons. The molecule has 0 spiro atoms. The molecule has 0 bridgehead atoms. The number of ether oxygens (including phenoxy) is 1. The first-order chi connectivity index (χ1) is 11.9. The lowest BCUT2D eigenvalue weighted by molar-refractivity contribution is -0.118. The Labute approximate surface area is 145 Å². The molecule has 1 saturated heterocycles. The van der Waals surface area contributed by atoms with Crippen LogP contribution in [-0.2, 0) is 14.8 Å². The van der Waals surface area contributed by atoms with Crippen molar-refractivity contribution >= 4 is 33.9 Å². The molecule has 2 aliphatic heterocycles. The number of hydrogen-bond donors (Lipinski definition) is 1. The first-order valence-corrected chi connectivity index (χ1v) is 9.20. The highest BCUT2D eigenvalue weighted by Gasteiger charge is 2.40. The average Bonchev–Trinajstić information content (AvgIpc) is 2.61. The standard InChI is InChI=1S/C15H18N4O5S/c1-24-12-5-3-2-4-11(12)18-6-8-19(9-7-18)25(22,23)13-10-16-15(21)17-14(13)20/h2-5,10,13H,6-9H2,1H3,(H,17,20,21). The van der Waals surface area contributed by atoms with Gasteiger partial charge in [0, 0.05) is 32.4 Å². The predicted molar refractivity (Wildman–Crippen MR) is 91.5 cm³/mol. The topological polar surface area (TPSA) is 108 Å². The SMILES string of the molecule is COc1ccccc1N1CCN(S(=O)(=O)C2C=NC(=O)NC2=O)CC1. The lowest BCUT2D eigenvalue weighted by Gasteiger charge is -2.36. The number of nitrogens with one attached hydrogen (secondary N) is 1. The van der Waals surface area contributed by atoms with Crippen molar-refractivity contribution in [2.24, 2.45) is 4.99 Å². The summed E-state index contributed by atoms with van der Waals surface area (Å²) < 4.78 is 31.9. The van der Waals surface area contributed by atoms with E-state index < -0.39 is 27.2 Å². The van der Waals surface area contributed by atoms with E-state index in [2.05, 4.69) is 4.99 Å². The summed E-state index contributed by atoms with van der Waals surface area (Å²) in [6, 6.07) is 6.66. The molecule has 2 aliphatic rings. The van der Waals surface area contributed by atoms with Crippen molar-refractivity contribution < 1.29 is 22.7 Å². The van der Waals surface area contributed by atoms with Gasteiger partial charge in [-0.05, 0) is 12.1 Å². The van der Waals surface area contributed by atoms with Gasteiger partial charge < -0.3 is 9.64 Å². The van der Waals surface area contributed by atoms with Crippen LogP contribution in [0.2, 0.25) is 0 Å². The predicted octanol–water partition coefficient (Wildman–Crippen LogP) is -0.164. The molecule has 1 unspecified atom stereocenters. The number of hydrogen-bond acceptors (Lipinski definition) is 6. The van der Waals surface area contributed by atoms with Crippen LogP contribution in [0.5, 0.6) is 5.75 Å². The highest BCUT2D eigenvalue weighted by Crippen LogP contribution is 2.29. The molecule has 0 aliphatic carbocycles. The Balaban J connectivity index is 1.72. The highest BCUT2D eigenvalue weighted by molar-refractivity contribution is 7.91. The Kier molecular flexibility index (Phi) is 4.73. The van der Waals surface area contributed by atoms with Gasteiger partial charge >= 0.3 is 6.03 Å². The zero-order valence-corrected chi connectivity index (χ0v) is 14.4. The number of amides is 3. The molecule has 1 fully saturated rings. The van der Waals surface area contributed by atoms with E-state index in [-0.39, 0.29) is 13.1 Å². The molecule has 134 valence electrons. The Morgan fingerprint density at radius 3 is 2.48 bits per heavy atom. The number of anilines is 1. The normalized spacial score (nSPS) is 22.0. The van der Waals surface area contributed by atoms with Crippen LogP contribution in [0.25, 0.3) is 0 Å². The van der Waals surface area contributed by atoms with Gasteiger partial charge in [-0.3, -0.25) is 10.1 Å². The molecule has 1 aromatic rings. The molecule has 2 heterocycles. The third-order valence-corrected chi connectivity index (χ3v) is 6.22. The van der Waals surface area contributed by atoms with Crippen molar-refractivity contribution in [1.29, 1.82) is 0 Å². The Morgan fingerprint density at radius 2 is 1.84 bits per heavy atom. The smallest absolute Gasteiger partial charge is 0.347 e. The van der Waals surface area contributed by atoms with Gasteiger partial charge in [0.25, 0.3) is 5.91 Å². The number of benzene rings is 1. The van der Waals surface area contributed by atoms with Crippen molar-refractivity contribution in [2.45, 2.75) is 5.25 Å². The van der Waals surface area contributed by atoms with Gasteiger partial charge in [-0.1, -0.05) is 12.1 Å². The van der Waals surface area contributed by atoms with E-state index in [1.807, 2.05) is 34.5 Å². The number of sulfonamides is 1. The fraction of sp³-hybridized carbons (Fsp3) is 0.400. The van der Waals surface area contributed by atoms with E-state index in [1.54, 1.807) is 7.11 Å². The van der Waals surface area contributed by atoms with Crippen LogP contribution in [0.1, 0.15) is 0 Å². The zero-order chi connectivity index (χ0) is 18.0. The van der Waals surface area contributed by atoms with Crippen LogP contribution < -0.4 is 15.0 Å². The van der Waals surface area contributed by atoms with Crippen LogP contribution in [0.15, 0.2) is 29.3 Å². The van der Waals surface area contributed by atoms with Gasteiger partial charge in [0.15, 0.2) is 5.25 Å². The number of aliphatic imine (C=N–C) groups is 1. The summed E-state index contributed by atoms with van der Waals surface area (Å²) in [7, 11) is -2.33. The van der Waals surface area contributed by atoms with Gasteiger partial charge in [0.05, 0.1) is 12.8 Å². The summed E-state index contributed by atoms with van der Waals surface area (Å²) in [4.78, 5) is 28.2. The van der Waals surface area contributed by atoms with E-state index in [1.165, 1.54) is 4.31 Å². The number of carbonyl (C=O) groups is 2. The second-order valence-corrected chi connectivity index (χ2v) is 7.65. The molecule has 9 nitrogen and oxygen atoms in total. The number of rotatable bonds is 4. The van der Waals surface area contributed by atoms with Gasteiger partial charge in [-0.2, -0.15) is 4.31 Å². The van der Waals surface area contributed by atoms with Gasteiger partial charge in [-0.15, -0.1) is 0 Å². The summed E-state index contributed by atoms with van der Waals surface area (Å²) in [6.45, 7) is 1.38. The quantitative estimate of drug-likeness (QED) is 0.793. The number of nitrogens with zero attached hydrogens (tertiary/aromatic N) is 3. The van der Waals surface area contributed by atoms with Crippen molar-refractivity contribution in [2.75, 3.05) is 38.2 Å². The van der Waals surface area contributed by atoms with Crippen LogP contribution in [0.4, 0.5) is 10.5 Å². The number of para-hydroxylation sites is 2. The maximum Gasteiger partial charge on any atom is 0.347 e. The monoisotopic (exact) mass is 366 g/mol. The van der Waals surface area contributed by atoms with E-state index in [0.717, 1.165) is 17.7 Å². The number of piperazine rings is 1. The molecule has 1 atom stereocenters. The fourth-order valence-corrected chi connectivity index (χ4v) is 4.40. The minimum atomic E-state index is -3.92. The number of carbonyl (C=O) groups excluding carboxylic acids is 2. The number of urea groups is 1. The van der Waals surface area contributed by atoms with E-state index >= 15 is 0 Å². The fourth-order valence-electron chi connectivity index (χ4n) is 2.86. The lowest BCUT2D eigenvalue weighted by Crippen LogP contribution is -2.56. The van der Waals surface area contributed by atoms with Crippen molar-refractivity contribution in [1.82, 2.24) is 9.62 Å². The van der Waals surface area contributed by atoms with Crippen LogP contribution in [0.3, 0.4) is 0 Å². The Bertz CT molecular complexity index is 815. The molecule has 1 N–H and O–H groups in total. The third kappa shape index (κ3) is 3.35. The molecule has 10 heteroatoms. The van der Waals surface area contributed by atoms with E-state index in [9.17, 15) is 18.0 Å². The minimum absolute atomic E-state index is 0.228. The molecular weight excluding hydrogens is 348 g/mol. The Hall–Kier alpha value is -2.46. The van der Waals surface area contributed by atoms with Crippen molar-refractivity contribution in [3.63, 3.8) is 0 Å². The van der Waals surface area contributed by atoms with Gasteiger partial charge in [-0.25, -0.2) is 18.2 Å². The highest BCUT2D eigenvalue weighted by atomic mass is 32.2. The molecule has 0 saturated carbocycles. The molecule has 3 rings (SSSR count). The molecule has 3 amide bonds. The summed E-state index contributed by atoms with van der Waals surface area (Å²) in [6.07, 6.45) is 0.892. The summed E-state index contributed by atoms with van der Waals surface area (Å²) in [5.41, 5.74) is 0.893. The van der Waals surface area contributed by atoms with Crippen LogP contribution >= 0.6 is 0 Å². The molecule has 0 aromatic heterocycles. The average molecular weight is 366 g/mol. The molecule has 25 heavy (non-hydrogen) atoms. The summed E-state index contributed by atoms with van der Waals surface area (Å²) in [5, 5.41) is 0.446. The molecular formula is C15H18N4O5S. The van der Waals surface area contributed by atoms with Gasteiger partial charge in [0.1, 0.15) is 5.75 Å². The number of imide groups is 1. The second-order valence-electron chi connectivity index (χ2n) is 5.60. The first kappa shape index (κ1) is 17.4. The van der Waals surface area contributed by atoms with Crippen molar-refractivity contribution in [3.05, 3.63) is 24.3 Å². The van der Waals surface area contributed by atoms with Crippen LogP contribution in [-0.4, -0.2) is 69.4 Å². The van der Waals surface area contributed by atoms with E-state index in [0.29, 0.717) is 13.1 Å². The summed E-state index contributed by atoms with van der Waals surface area (Å²) >= 11 is 0. The van der Waals surface area contributed by atoms with E-state index in [4.69, 9.17) is 4.74 Å².